The third kappa shape index (κ3) is 2.30. The van der Waals surface area contributed by atoms with Gasteiger partial charge >= 0.3 is 0 Å². The van der Waals surface area contributed by atoms with Crippen LogP contribution in [0, 0.1) is 0 Å². The van der Waals surface area contributed by atoms with Gasteiger partial charge in [-0.3, -0.25) is 0 Å². The minimum absolute atomic E-state index is 0.241. The van der Waals surface area contributed by atoms with Crippen molar-refractivity contribution in [2.24, 2.45) is 0 Å². The molecule has 4 aromatic rings. The highest BCUT2D eigenvalue weighted by Gasteiger charge is 2.24. The maximum atomic E-state index is 13.2. The van der Waals surface area contributed by atoms with Crippen LogP contribution in [0.4, 0.5) is 0 Å². The summed E-state index contributed by atoms with van der Waals surface area (Å²) in [5.74, 6) is 0. The normalized spacial score (nSPS) is 11.7. The van der Waals surface area contributed by atoms with Crippen LogP contribution in [0.2, 0.25) is 0 Å². The van der Waals surface area contributed by atoms with Crippen molar-refractivity contribution in [3.8, 4) is 11.3 Å². The molecule has 24 heavy (non-hydrogen) atoms. The zero-order valence-corrected chi connectivity index (χ0v) is 13.5. The Morgan fingerprint density at radius 3 is 2.17 bits per heavy atom. The molecule has 0 aliphatic carbocycles. The SMILES string of the molecule is O=S(=O)(c1ccccc1)n1c(-c2ccccc2)cc2cccnc21. The largest absolute Gasteiger partial charge is 0.269 e. The first-order valence-electron chi connectivity index (χ1n) is 7.50. The summed E-state index contributed by atoms with van der Waals surface area (Å²) in [7, 11) is -3.75. The maximum Gasteiger partial charge on any atom is 0.269 e. The first-order valence-corrected chi connectivity index (χ1v) is 8.94. The second-order valence-electron chi connectivity index (χ2n) is 5.39. The molecule has 2 heterocycles. The number of rotatable bonds is 3. The van der Waals surface area contributed by atoms with E-state index in [1.807, 2.05) is 42.5 Å². The lowest BCUT2D eigenvalue weighted by molar-refractivity contribution is 0.589. The van der Waals surface area contributed by atoms with Crippen molar-refractivity contribution in [3.05, 3.63) is 85.1 Å². The fraction of sp³-hybridized carbons (Fsp3) is 0. The molecule has 0 aliphatic rings. The molecular formula is C19H14N2O2S. The van der Waals surface area contributed by atoms with Crippen LogP contribution in [-0.2, 0) is 10.0 Å². The van der Waals surface area contributed by atoms with Crippen LogP contribution in [0.25, 0.3) is 22.3 Å². The quantitative estimate of drug-likeness (QED) is 0.570. The van der Waals surface area contributed by atoms with E-state index in [4.69, 9.17) is 0 Å². The molecule has 0 fully saturated rings. The molecule has 0 unspecified atom stereocenters. The number of pyridine rings is 1. The molecule has 2 aromatic carbocycles. The molecule has 0 radical (unpaired) electrons. The van der Waals surface area contributed by atoms with Crippen LogP contribution in [0.3, 0.4) is 0 Å². The summed E-state index contributed by atoms with van der Waals surface area (Å²) in [5, 5.41) is 0.788. The van der Waals surface area contributed by atoms with E-state index in [2.05, 4.69) is 4.98 Å². The van der Waals surface area contributed by atoms with Crippen LogP contribution >= 0.6 is 0 Å². The van der Waals surface area contributed by atoms with Crippen LogP contribution in [0.5, 0.6) is 0 Å². The molecule has 0 saturated carbocycles. The third-order valence-electron chi connectivity index (χ3n) is 3.87. The summed E-state index contributed by atoms with van der Waals surface area (Å²) < 4.78 is 27.8. The Hall–Kier alpha value is -2.92. The second-order valence-corrected chi connectivity index (χ2v) is 7.18. The molecule has 4 nitrogen and oxygen atoms in total. The fourth-order valence-electron chi connectivity index (χ4n) is 2.76. The highest BCUT2D eigenvalue weighted by atomic mass is 32.2. The number of aromatic nitrogens is 2. The standard InChI is InChI=1S/C19H14N2O2S/c22-24(23,17-11-5-2-6-12-17)21-18(15-8-3-1-4-9-15)14-16-10-7-13-20-19(16)21/h1-14H. The average molecular weight is 334 g/mol. The van der Waals surface area contributed by atoms with E-state index in [1.54, 1.807) is 42.6 Å². The van der Waals surface area contributed by atoms with Crippen molar-refractivity contribution in [2.75, 3.05) is 0 Å². The van der Waals surface area contributed by atoms with Gasteiger partial charge in [-0.1, -0.05) is 48.5 Å². The Labute approximate surface area is 140 Å². The molecule has 0 N–H and O–H groups in total. The predicted molar refractivity (Wildman–Crippen MR) is 94.2 cm³/mol. The molecule has 2 aromatic heterocycles. The lowest BCUT2D eigenvalue weighted by Gasteiger charge is -2.11. The Morgan fingerprint density at radius 2 is 1.46 bits per heavy atom. The number of hydrogen-bond acceptors (Lipinski definition) is 3. The summed E-state index contributed by atoms with van der Waals surface area (Å²) in [6, 6.07) is 23.4. The van der Waals surface area contributed by atoms with Gasteiger partial charge in [0.25, 0.3) is 10.0 Å². The summed E-state index contributed by atoms with van der Waals surface area (Å²) in [5.41, 5.74) is 1.86. The maximum absolute atomic E-state index is 13.2. The minimum atomic E-state index is -3.75. The van der Waals surface area contributed by atoms with Crippen molar-refractivity contribution in [2.45, 2.75) is 4.90 Å². The lowest BCUT2D eigenvalue weighted by atomic mass is 10.1. The fourth-order valence-corrected chi connectivity index (χ4v) is 4.27. The number of fused-ring (bicyclic) bond motifs is 1. The van der Waals surface area contributed by atoms with Gasteiger partial charge in [0.2, 0.25) is 0 Å². The van der Waals surface area contributed by atoms with E-state index in [1.165, 1.54) is 3.97 Å². The van der Waals surface area contributed by atoms with E-state index < -0.39 is 10.0 Å². The van der Waals surface area contributed by atoms with Gasteiger partial charge in [0.15, 0.2) is 5.65 Å². The third-order valence-corrected chi connectivity index (χ3v) is 5.59. The average Bonchev–Trinajstić information content (AvgIpc) is 3.03. The van der Waals surface area contributed by atoms with Gasteiger partial charge in [-0.2, -0.15) is 0 Å². The summed E-state index contributed by atoms with van der Waals surface area (Å²) in [4.78, 5) is 4.54. The van der Waals surface area contributed by atoms with E-state index in [-0.39, 0.29) is 4.90 Å². The Morgan fingerprint density at radius 1 is 0.792 bits per heavy atom. The van der Waals surface area contributed by atoms with Crippen LogP contribution in [0.1, 0.15) is 0 Å². The zero-order chi connectivity index (χ0) is 16.6. The second kappa shape index (κ2) is 5.62. The van der Waals surface area contributed by atoms with Gasteiger partial charge in [-0.25, -0.2) is 17.4 Å². The van der Waals surface area contributed by atoms with Crippen molar-refractivity contribution in [1.82, 2.24) is 8.96 Å². The van der Waals surface area contributed by atoms with Gasteiger partial charge in [0, 0.05) is 11.6 Å². The summed E-state index contributed by atoms with van der Waals surface area (Å²) >= 11 is 0. The van der Waals surface area contributed by atoms with Crippen molar-refractivity contribution in [1.29, 1.82) is 0 Å². The minimum Gasteiger partial charge on any atom is -0.237 e. The van der Waals surface area contributed by atoms with Crippen molar-refractivity contribution < 1.29 is 8.42 Å². The molecule has 0 spiro atoms. The number of nitrogens with zero attached hydrogens (tertiary/aromatic N) is 2. The monoisotopic (exact) mass is 334 g/mol. The molecule has 0 atom stereocenters. The topological polar surface area (TPSA) is 52.0 Å². The molecule has 118 valence electrons. The molecule has 0 amide bonds. The highest BCUT2D eigenvalue weighted by molar-refractivity contribution is 7.90. The van der Waals surface area contributed by atoms with E-state index in [0.717, 1.165) is 10.9 Å². The van der Waals surface area contributed by atoms with Gasteiger partial charge in [0.1, 0.15) is 0 Å². The number of benzene rings is 2. The van der Waals surface area contributed by atoms with Gasteiger partial charge in [0.05, 0.1) is 10.6 Å². The van der Waals surface area contributed by atoms with E-state index in [0.29, 0.717) is 11.3 Å². The Kier molecular flexibility index (Phi) is 3.43. The Bertz CT molecular complexity index is 1100. The van der Waals surface area contributed by atoms with E-state index >= 15 is 0 Å². The molecular weight excluding hydrogens is 320 g/mol. The zero-order valence-electron chi connectivity index (χ0n) is 12.7. The van der Waals surface area contributed by atoms with Gasteiger partial charge < -0.3 is 0 Å². The first kappa shape index (κ1) is 14.7. The van der Waals surface area contributed by atoms with Crippen LogP contribution in [0.15, 0.2) is 90.0 Å². The molecule has 0 bridgehead atoms. The lowest BCUT2D eigenvalue weighted by Crippen LogP contribution is -2.14. The molecule has 4 rings (SSSR count). The van der Waals surface area contributed by atoms with Crippen LogP contribution in [-0.4, -0.2) is 17.4 Å². The number of hydrogen-bond donors (Lipinski definition) is 0. The molecule has 5 heteroatoms. The predicted octanol–water partition coefficient (Wildman–Crippen LogP) is 3.94. The summed E-state index contributed by atoms with van der Waals surface area (Å²) in [6.45, 7) is 0. The Balaban J connectivity index is 2.08. The molecule has 0 saturated heterocycles. The van der Waals surface area contributed by atoms with Gasteiger partial charge in [-0.15, -0.1) is 0 Å². The first-order chi connectivity index (χ1) is 11.7. The van der Waals surface area contributed by atoms with Gasteiger partial charge in [-0.05, 0) is 35.9 Å². The summed E-state index contributed by atoms with van der Waals surface area (Å²) in [6.07, 6.45) is 1.61. The van der Waals surface area contributed by atoms with E-state index in [9.17, 15) is 8.42 Å². The van der Waals surface area contributed by atoms with Crippen molar-refractivity contribution >= 4 is 21.1 Å². The highest BCUT2D eigenvalue weighted by Crippen LogP contribution is 2.30. The smallest absolute Gasteiger partial charge is 0.237 e. The van der Waals surface area contributed by atoms with Crippen molar-refractivity contribution in [3.63, 3.8) is 0 Å². The van der Waals surface area contributed by atoms with Crippen LogP contribution < -0.4 is 0 Å². The molecule has 0 aliphatic heterocycles.